The lowest BCUT2D eigenvalue weighted by molar-refractivity contribution is 0.0948. The maximum Gasteiger partial charge on any atom is 0.323 e. The van der Waals surface area contributed by atoms with Gasteiger partial charge in [-0.2, -0.15) is 0 Å². The van der Waals surface area contributed by atoms with E-state index in [0.717, 1.165) is 5.56 Å². The molecule has 4 aromatic rings. The number of hydrogen-bond donors (Lipinski definition) is 4. The van der Waals surface area contributed by atoms with Crippen molar-refractivity contribution in [1.29, 1.82) is 0 Å². The summed E-state index contributed by atoms with van der Waals surface area (Å²) in [6.45, 7) is 2.46. The molecule has 0 spiro atoms. The number of H-pyrrole nitrogens is 2. The summed E-state index contributed by atoms with van der Waals surface area (Å²) in [5.74, 6) is 0.268. The second-order valence-corrected chi connectivity index (χ2v) is 9.04. The van der Waals surface area contributed by atoms with Crippen molar-refractivity contribution in [3.63, 3.8) is 0 Å². The molecule has 33 heavy (non-hydrogen) atoms. The van der Waals surface area contributed by atoms with Gasteiger partial charge in [0.05, 0.1) is 33.7 Å². The van der Waals surface area contributed by atoms with E-state index in [2.05, 4.69) is 20.0 Å². The summed E-state index contributed by atoms with van der Waals surface area (Å²) >= 11 is 0. The number of fused-ring (bicyclic) bond motifs is 1. The Balaban J connectivity index is 1.44. The number of carbonyl (C=O) groups is 1. The van der Waals surface area contributed by atoms with Crippen molar-refractivity contribution in [2.75, 3.05) is 17.9 Å². The molecule has 10 heteroatoms. The van der Waals surface area contributed by atoms with Crippen LogP contribution in [0.5, 0.6) is 5.75 Å². The summed E-state index contributed by atoms with van der Waals surface area (Å²) in [6, 6.07) is 18.1. The van der Waals surface area contributed by atoms with Gasteiger partial charge < -0.3 is 20.0 Å². The Bertz CT molecular complexity index is 1470. The minimum atomic E-state index is -4.01. The molecule has 1 aromatic heterocycles. The topological polar surface area (TPSA) is 133 Å². The van der Waals surface area contributed by atoms with Crippen LogP contribution in [0.15, 0.2) is 76.4 Å². The normalized spacial score (nSPS) is 11.3. The molecule has 0 aliphatic heterocycles. The van der Waals surface area contributed by atoms with Crippen LogP contribution < -0.4 is 20.5 Å². The summed E-state index contributed by atoms with van der Waals surface area (Å²) in [4.78, 5) is 29.2. The molecule has 0 saturated carbocycles. The van der Waals surface area contributed by atoms with Crippen LogP contribution in [-0.2, 0) is 10.0 Å². The van der Waals surface area contributed by atoms with Gasteiger partial charge in [0.2, 0.25) is 0 Å². The molecular weight excluding hydrogens is 444 g/mol. The molecule has 0 aliphatic rings. The molecule has 0 unspecified atom stereocenters. The van der Waals surface area contributed by atoms with Crippen molar-refractivity contribution in [3.05, 3.63) is 88.3 Å². The maximum atomic E-state index is 12.9. The first kappa shape index (κ1) is 22.2. The lowest BCUT2D eigenvalue weighted by Crippen LogP contribution is -2.29. The third-order valence-corrected chi connectivity index (χ3v) is 6.22. The number of ether oxygens (including phenoxy) is 1. The molecule has 3 aromatic carbocycles. The molecule has 9 nitrogen and oxygen atoms in total. The number of rotatable bonds is 8. The second-order valence-electron chi connectivity index (χ2n) is 7.36. The predicted molar refractivity (Wildman–Crippen MR) is 125 cm³/mol. The van der Waals surface area contributed by atoms with Crippen LogP contribution in [-0.4, -0.2) is 37.4 Å². The van der Waals surface area contributed by atoms with Crippen molar-refractivity contribution in [2.24, 2.45) is 0 Å². The molecule has 4 rings (SSSR count). The highest BCUT2D eigenvalue weighted by molar-refractivity contribution is 7.92. The van der Waals surface area contributed by atoms with Gasteiger partial charge in [-0.1, -0.05) is 24.3 Å². The Labute approximate surface area is 189 Å². The zero-order valence-corrected chi connectivity index (χ0v) is 18.5. The van der Waals surface area contributed by atoms with Gasteiger partial charge in [0.25, 0.3) is 15.9 Å². The number of anilines is 1. The number of aryl methyl sites for hydroxylation is 1. The average Bonchev–Trinajstić information content (AvgIpc) is 3.16. The number of imidazole rings is 1. The van der Waals surface area contributed by atoms with Gasteiger partial charge in [-0.25, -0.2) is 13.2 Å². The average molecular weight is 467 g/mol. The fourth-order valence-corrected chi connectivity index (χ4v) is 4.39. The lowest BCUT2D eigenvalue weighted by Gasteiger charge is -2.13. The van der Waals surface area contributed by atoms with E-state index in [9.17, 15) is 18.0 Å². The predicted octanol–water partition coefficient (Wildman–Crippen LogP) is 2.77. The molecule has 0 bridgehead atoms. The van der Waals surface area contributed by atoms with Gasteiger partial charge in [-0.3, -0.25) is 9.52 Å². The van der Waals surface area contributed by atoms with E-state index < -0.39 is 21.6 Å². The van der Waals surface area contributed by atoms with E-state index in [4.69, 9.17) is 4.74 Å². The van der Waals surface area contributed by atoms with Gasteiger partial charge in [0, 0.05) is 0 Å². The van der Waals surface area contributed by atoms with Crippen LogP contribution in [0.4, 0.5) is 5.69 Å². The van der Waals surface area contributed by atoms with Crippen LogP contribution in [0.25, 0.3) is 11.0 Å². The van der Waals surface area contributed by atoms with Crippen molar-refractivity contribution < 1.29 is 17.9 Å². The number of aromatic nitrogens is 2. The number of para-hydroxylation sites is 1. The molecule has 1 amide bonds. The highest BCUT2D eigenvalue weighted by Crippen LogP contribution is 2.22. The van der Waals surface area contributed by atoms with Crippen molar-refractivity contribution in [3.8, 4) is 5.75 Å². The van der Waals surface area contributed by atoms with E-state index in [0.29, 0.717) is 16.8 Å². The molecule has 170 valence electrons. The van der Waals surface area contributed by atoms with Crippen LogP contribution >= 0.6 is 0 Å². The third kappa shape index (κ3) is 5.24. The number of hydrogen-bond acceptors (Lipinski definition) is 5. The molecule has 4 N–H and O–H groups in total. The van der Waals surface area contributed by atoms with Gasteiger partial charge in [0.15, 0.2) is 0 Å². The summed E-state index contributed by atoms with van der Waals surface area (Å²) < 4.78 is 33.9. The Kier molecular flexibility index (Phi) is 6.18. The van der Waals surface area contributed by atoms with E-state index in [-0.39, 0.29) is 29.3 Å². The quantitative estimate of drug-likeness (QED) is 0.296. The molecular formula is C23H22N4O5S. The first-order valence-corrected chi connectivity index (χ1v) is 11.6. The summed E-state index contributed by atoms with van der Waals surface area (Å²) in [7, 11) is -4.01. The zero-order chi connectivity index (χ0) is 23.4. The Morgan fingerprint density at radius 2 is 1.76 bits per heavy atom. The monoisotopic (exact) mass is 466 g/mol. The number of sulfonamides is 1. The summed E-state index contributed by atoms with van der Waals surface area (Å²) in [5, 5.41) is 2.73. The van der Waals surface area contributed by atoms with Crippen LogP contribution in [0.1, 0.15) is 15.9 Å². The standard InChI is InChI=1S/C23H22N4O5S/c1-15-5-4-6-16(13-15)32-12-11-24-22(28)18-7-2-3-8-19(18)27-33(30,31)17-9-10-20-21(14-17)26-23(29)25-20/h2-10,13-14,27H,11-12H2,1H3,(H,24,28)(H2,25,26,29). The van der Waals surface area contributed by atoms with Crippen molar-refractivity contribution in [1.82, 2.24) is 15.3 Å². The van der Waals surface area contributed by atoms with E-state index >= 15 is 0 Å². The van der Waals surface area contributed by atoms with Gasteiger partial charge >= 0.3 is 5.69 Å². The largest absolute Gasteiger partial charge is 0.492 e. The van der Waals surface area contributed by atoms with E-state index in [1.54, 1.807) is 12.1 Å². The van der Waals surface area contributed by atoms with Crippen LogP contribution in [0.3, 0.4) is 0 Å². The number of amides is 1. The number of nitrogens with one attached hydrogen (secondary N) is 4. The highest BCUT2D eigenvalue weighted by atomic mass is 32.2. The Morgan fingerprint density at radius 1 is 0.970 bits per heavy atom. The SMILES string of the molecule is Cc1cccc(OCCNC(=O)c2ccccc2NS(=O)(=O)c2ccc3[nH]c(=O)[nH]c3c2)c1. The molecule has 1 heterocycles. The van der Waals surface area contributed by atoms with E-state index in [1.165, 1.54) is 30.3 Å². The molecule has 0 aliphatic carbocycles. The van der Waals surface area contributed by atoms with E-state index in [1.807, 2.05) is 31.2 Å². The molecule has 0 fully saturated rings. The van der Waals surface area contributed by atoms with Crippen molar-refractivity contribution in [2.45, 2.75) is 11.8 Å². The fourth-order valence-electron chi connectivity index (χ4n) is 3.29. The van der Waals surface area contributed by atoms with Gasteiger partial charge in [0.1, 0.15) is 12.4 Å². The number of carbonyl (C=O) groups excluding carboxylic acids is 1. The minimum absolute atomic E-state index is 0.0491. The number of aromatic amines is 2. The first-order valence-electron chi connectivity index (χ1n) is 10.1. The first-order chi connectivity index (χ1) is 15.8. The molecule has 0 radical (unpaired) electrons. The van der Waals surface area contributed by atoms with Crippen LogP contribution in [0, 0.1) is 6.92 Å². The molecule has 0 atom stereocenters. The molecule has 0 saturated heterocycles. The summed E-state index contributed by atoms with van der Waals surface area (Å²) in [5.41, 5.74) is 1.81. The lowest BCUT2D eigenvalue weighted by atomic mass is 10.1. The van der Waals surface area contributed by atoms with Crippen molar-refractivity contribution >= 4 is 32.7 Å². The number of benzene rings is 3. The highest BCUT2D eigenvalue weighted by Gasteiger charge is 2.19. The second kappa shape index (κ2) is 9.21. The van der Waals surface area contributed by atoms with Gasteiger partial charge in [-0.05, 0) is 55.0 Å². The smallest absolute Gasteiger partial charge is 0.323 e. The fraction of sp³-hybridized carbons (Fsp3) is 0.130. The van der Waals surface area contributed by atoms with Crippen LogP contribution in [0.2, 0.25) is 0 Å². The van der Waals surface area contributed by atoms with Gasteiger partial charge in [-0.15, -0.1) is 0 Å². The Morgan fingerprint density at radius 3 is 2.58 bits per heavy atom. The zero-order valence-electron chi connectivity index (χ0n) is 17.7. The summed E-state index contributed by atoms with van der Waals surface area (Å²) in [6.07, 6.45) is 0. The Hall–Kier alpha value is -4.05. The minimum Gasteiger partial charge on any atom is -0.492 e. The maximum absolute atomic E-state index is 12.9. The third-order valence-electron chi connectivity index (χ3n) is 4.86.